The van der Waals surface area contributed by atoms with E-state index >= 15 is 0 Å². The molecule has 0 aliphatic heterocycles. The Hall–Kier alpha value is -0.570. The number of hydrogen-bond donors (Lipinski definition) is 0. The van der Waals surface area contributed by atoms with Crippen LogP contribution in [0.5, 0.6) is 0 Å². The van der Waals surface area contributed by atoms with E-state index in [-0.39, 0.29) is 17.9 Å². The van der Waals surface area contributed by atoms with Crippen LogP contribution in [0.4, 0.5) is 4.39 Å². The Balaban J connectivity index is 3.00. The first-order chi connectivity index (χ1) is 5.16. The van der Waals surface area contributed by atoms with Crippen molar-refractivity contribution < 1.29 is 4.39 Å². The molecule has 11 heavy (non-hydrogen) atoms. The number of rotatable bonds is 2. The monoisotopic (exact) mass is 176 g/mol. The van der Waals surface area contributed by atoms with Crippen LogP contribution in [-0.4, -0.2) is 9.78 Å². The van der Waals surface area contributed by atoms with Gasteiger partial charge in [0, 0.05) is 11.6 Å². The summed E-state index contributed by atoms with van der Waals surface area (Å²) in [7, 11) is 0. The first kappa shape index (κ1) is 8.53. The van der Waals surface area contributed by atoms with Crippen molar-refractivity contribution in [3.05, 3.63) is 17.7 Å². The lowest BCUT2D eigenvalue weighted by atomic mass is 10.4. The van der Waals surface area contributed by atoms with Crippen LogP contribution < -0.4 is 0 Å². The number of aromatic nitrogens is 2. The smallest absolute Gasteiger partial charge is 0.216 e. The average molecular weight is 177 g/mol. The highest BCUT2D eigenvalue weighted by atomic mass is 35.5. The Morgan fingerprint density at radius 3 is 2.64 bits per heavy atom. The van der Waals surface area contributed by atoms with Crippen molar-refractivity contribution in [1.29, 1.82) is 0 Å². The molecule has 0 unspecified atom stereocenters. The molecule has 62 valence electrons. The van der Waals surface area contributed by atoms with Crippen LogP contribution in [0.15, 0.2) is 6.20 Å². The van der Waals surface area contributed by atoms with Gasteiger partial charge in [0.1, 0.15) is 0 Å². The van der Waals surface area contributed by atoms with Crippen molar-refractivity contribution in [1.82, 2.24) is 9.78 Å². The Kier molecular flexibility index (Phi) is 2.49. The normalized spacial score (nSPS) is 11.0. The highest BCUT2D eigenvalue weighted by Crippen LogP contribution is 2.13. The second-order valence-electron chi connectivity index (χ2n) is 2.63. The van der Waals surface area contributed by atoms with Gasteiger partial charge in [-0.25, -0.2) is 4.68 Å². The highest BCUT2D eigenvalue weighted by molar-refractivity contribution is 6.17. The molecule has 1 heterocycles. The minimum absolute atomic E-state index is 0.0481. The van der Waals surface area contributed by atoms with E-state index < -0.39 is 0 Å². The van der Waals surface area contributed by atoms with E-state index in [0.717, 1.165) is 0 Å². The van der Waals surface area contributed by atoms with Gasteiger partial charge in [-0.3, -0.25) is 0 Å². The highest BCUT2D eigenvalue weighted by Gasteiger charge is 2.10. The number of hydrogen-bond acceptors (Lipinski definition) is 1. The van der Waals surface area contributed by atoms with E-state index in [0.29, 0.717) is 5.56 Å². The van der Waals surface area contributed by atoms with Gasteiger partial charge >= 0.3 is 0 Å². The third-order valence-electron chi connectivity index (χ3n) is 1.44. The van der Waals surface area contributed by atoms with Gasteiger partial charge < -0.3 is 0 Å². The van der Waals surface area contributed by atoms with Crippen molar-refractivity contribution in [2.24, 2.45) is 0 Å². The third kappa shape index (κ3) is 1.53. The van der Waals surface area contributed by atoms with Crippen LogP contribution >= 0.6 is 11.6 Å². The molecule has 0 aliphatic carbocycles. The van der Waals surface area contributed by atoms with Crippen molar-refractivity contribution in [2.75, 3.05) is 0 Å². The molecule has 0 fully saturated rings. The van der Waals surface area contributed by atoms with E-state index in [1.807, 2.05) is 13.8 Å². The summed E-state index contributed by atoms with van der Waals surface area (Å²) in [6.07, 6.45) is 1.46. The SMILES string of the molecule is CC(C)n1ncc(CCl)c1F. The molecule has 0 aromatic carbocycles. The van der Waals surface area contributed by atoms with Crippen LogP contribution in [0.25, 0.3) is 0 Å². The molecule has 0 bridgehead atoms. The van der Waals surface area contributed by atoms with Gasteiger partial charge in [0.2, 0.25) is 5.95 Å². The van der Waals surface area contributed by atoms with Gasteiger partial charge in [0.25, 0.3) is 0 Å². The molecule has 4 heteroatoms. The molecule has 0 saturated carbocycles. The van der Waals surface area contributed by atoms with E-state index in [1.165, 1.54) is 10.9 Å². The Labute approximate surface area is 70.0 Å². The molecular weight excluding hydrogens is 167 g/mol. The van der Waals surface area contributed by atoms with Gasteiger partial charge in [-0.15, -0.1) is 11.6 Å². The van der Waals surface area contributed by atoms with E-state index in [1.54, 1.807) is 0 Å². The van der Waals surface area contributed by atoms with Crippen molar-refractivity contribution >= 4 is 11.6 Å². The molecule has 0 spiro atoms. The Morgan fingerprint density at radius 1 is 1.73 bits per heavy atom. The van der Waals surface area contributed by atoms with Gasteiger partial charge in [-0.05, 0) is 13.8 Å². The predicted molar refractivity (Wildman–Crippen MR) is 42.1 cm³/mol. The standard InChI is InChI=1S/C7H10ClFN2/c1-5(2)11-7(9)6(3-8)4-10-11/h4-5H,3H2,1-2H3. The molecule has 1 aromatic heterocycles. The Morgan fingerprint density at radius 2 is 2.36 bits per heavy atom. The molecule has 1 aromatic rings. The lowest BCUT2D eigenvalue weighted by molar-refractivity contribution is 0.412. The Bertz CT molecular complexity index is 245. The quantitative estimate of drug-likeness (QED) is 0.633. The van der Waals surface area contributed by atoms with Crippen LogP contribution in [0.2, 0.25) is 0 Å². The van der Waals surface area contributed by atoms with Crippen LogP contribution in [0.1, 0.15) is 25.5 Å². The minimum Gasteiger partial charge on any atom is -0.237 e. The topological polar surface area (TPSA) is 17.8 Å². The molecule has 2 nitrogen and oxygen atoms in total. The average Bonchev–Trinajstić information content (AvgIpc) is 2.30. The molecule has 0 N–H and O–H groups in total. The summed E-state index contributed by atoms with van der Waals surface area (Å²) in [5.74, 6) is -0.145. The summed E-state index contributed by atoms with van der Waals surface area (Å²) in [5.41, 5.74) is 0.459. The first-order valence-corrected chi connectivity index (χ1v) is 3.98. The number of halogens is 2. The maximum absolute atomic E-state index is 13.1. The number of alkyl halides is 1. The largest absolute Gasteiger partial charge is 0.237 e. The maximum Gasteiger partial charge on any atom is 0.216 e. The van der Waals surface area contributed by atoms with Crippen LogP contribution in [0.3, 0.4) is 0 Å². The van der Waals surface area contributed by atoms with Crippen molar-refractivity contribution in [2.45, 2.75) is 25.8 Å². The predicted octanol–water partition coefficient (Wildman–Crippen LogP) is 2.34. The fourth-order valence-corrected chi connectivity index (χ4v) is 1.01. The van der Waals surface area contributed by atoms with Crippen LogP contribution in [-0.2, 0) is 5.88 Å². The molecule has 1 rings (SSSR count). The summed E-state index contributed by atoms with van der Waals surface area (Å²) in [5, 5.41) is 3.84. The summed E-state index contributed by atoms with van der Waals surface area (Å²) in [6, 6.07) is 0.0481. The zero-order chi connectivity index (χ0) is 8.43. The van der Waals surface area contributed by atoms with Gasteiger partial charge in [-0.1, -0.05) is 0 Å². The molecular formula is C7H10ClFN2. The van der Waals surface area contributed by atoms with Gasteiger partial charge in [-0.2, -0.15) is 9.49 Å². The van der Waals surface area contributed by atoms with E-state index in [4.69, 9.17) is 11.6 Å². The lowest BCUT2D eigenvalue weighted by Crippen LogP contribution is -2.05. The summed E-state index contributed by atoms with van der Waals surface area (Å²) >= 11 is 5.46. The van der Waals surface area contributed by atoms with Gasteiger partial charge in [0.15, 0.2) is 0 Å². The van der Waals surface area contributed by atoms with E-state index in [9.17, 15) is 4.39 Å². The fourth-order valence-electron chi connectivity index (χ4n) is 0.833. The number of nitrogens with zero attached hydrogens (tertiary/aromatic N) is 2. The third-order valence-corrected chi connectivity index (χ3v) is 1.73. The lowest BCUT2D eigenvalue weighted by Gasteiger charge is -2.04. The van der Waals surface area contributed by atoms with Crippen LogP contribution in [0, 0.1) is 5.95 Å². The summed E-state index contributed by atoms with van der Waals surface area (Å²) < 4.78 is 14.4. The molecule has 0 aliphatic rings. The molecule has 0 amide bonds. The molecule has 0 saturated heterocycles. The maximum atomic E-state index is 13.1. The second-order valence-corrected chi connectivity index (χ2v) is 2.90. The summed E-state index contributed by atoms with van der Waals surface area (Å²) in [4.78, 5) is 0. The fraction of sp³-hybridized carbons (Fsp3) is 0.571. The van der Waals surface area contributed by atoms with Crippen molar-refractivity contribution in [3.8, 4) is 0 Å². The van der Waals surface area contributed by atoms with E-state index in [2.05, 4.69) is 5.10 Å². The minimum atomic E-state index is -0.324. The van der Waals surface area contributed by atoms with Crippen molar-refractivity contribution in [3.63, 3.8) is 0 Å². The zero-order valence-corrected chi connectivity index (χ0v) is 7.27. The van der Waals surface area contributed by atoms with Gasteiger partial charge in [0.05, 0.1) is 12.1 Å². The zero-order valence-electron chi connectivity index (χ0n) is 6.51. The second kappa shape index (κ2) is 3.22. The molecule has 0 radical (unpaired) electrons. The summed E-state index contributed by atoms with van der Waals surface area (Å²) in [6.45, 7) is 3.74. The molecule has 0 atom stereocenters. The first-order valence-electron chi connectivity index (χ1n) is 3.44.